The summed E-state index contributed by atoms with van der Waals surface area (Å²) in [6.45, 7) is 8.67. The Morgan fingerprint density at radius 3 is 2.27 bits per heavy atom. The van der Waals surface area contributed by atoms with Gasteiger partial charge in [-0.05, 0) is 19.4 Å². The van der Waals surface area contributed by atoms with Gasteiger partial charge < -0.3 is 5.11 Å². The lowest BCUT2D eigenvalue weighted by Crippen LogP contribution is -2.46. The molecular formula is C11H20N2O2. The van der Waals surface area contributed by atoms with E-state index in [1.54, 1.807) is 0 Å². The third-order valence-electron chi connectivity index (χ3n) is 2.41. The fraction of sp³-hybridized carbons (Fsp3) is 0.818. The molecule has 0 rings (SSSR count). The van der Waals surface area contributed by atoms with Crippen molar-refractivity contribution in [2.75, 3.05) is 13.1 Å². The van der Waals surface area contributed by atoms with Gasteiger partial charge in [0.15, 0.2) is 0 Å². The quantitative estimate of drug-likeness (QED) is 0.726. The van der Waals surface area contributed by atoms with Gasteiger partial charge in [-0.2, -0.15) is 5.26 Å². The Morgan fingerprint density at radius 2 is 2.00 bits per heavy atom. The van der Waals surface area contributed by atoms with Crippen LogP contribution in [0.5, 0.6) is 0 Å². The van der Waals surface area contributed by atoms with Gasteiger partial charge in [0.25, 0.3) is 0 Å². The van der Waals surface area contributed by atoms with E-state index in [0.717, 1.165) is 0 Å². The molecule has 15 heavy (non-hydrogen) atoms. The van der Waals surface area contributed by atoms with Crippen LogP contribution < -0.4 is 0 Å². The molecule has 0 amide bonds. The molecule has 0 aromatic rings. The summed E-state index contributed by atoms with van der Waals surface area (Å²) in [4.78, 5) is 12.9. The van der Waals surface area contributed by atoms with Crippen LogP contribution in [0.25, 0.3) is 0 Å². The third-order valence-corrected chi connectivity index (χ3v) is 2.41. The van der Waals surface area contributed by atoms with E-state index in [-0.39, 0.29) is 11.8 Å². The molecule has 0 aliphatic heterocycles. The summed E-state index contributed by atoms with van der Waals surface area (Å²) in [5.74, 6) is -0.893. The van der Waals surface area contributed by atoms with Crippen molar-refractivity contribution in [2.24, 2.45) is 11.8 Å². The highest BCUT2D eigenvalue weighted by Gasteiger charge is 2.28. The van der Waals surface area contributed by atoms with Crippen LogP contribution in [0.4, 0.5) is 0 Å². The molecule has 0 spiro atoms. The topological polar surface area (TPSA) is 64.3 Å². The zero-order valence-electron chi connectivity index (χ0n) is 9.90. The van der Waals surface area contributed by atoms with Crippen molar-refractivity contribution in [3.05, 3.63) is 0 Å². The minimum atomic E-state index is -0.808. The van der Waals surface area contributed by atoms with Gasteiger partial charge in [0.05, 0.1) is 12.0 Å². The second kappa shape index (κ2) is 6.41. The Labute approximate surface area is 91.5 Å². The molecule has 4 nitrogen and oxygen atoms in total. The molecule has 2 unspecified atom stereocenters. The number of nitriles is 1. The summed E-state index contributed by atoms with van der Waals surface area (Å²) < 4.78 is 0. The summed E-state index contributed by atoms with van der Waals surface area (Å²) in [7, 11) is 0. The first-order valence-corrected chi connectivity index (χ1v) is 5.30. The fourth-order valence-electron chi connectivity index (χ4n) is 1.69. The highest BCUT2D eigenvalue weighted by Crippen LogP contribution is 2.13. The number of carboxylic acid groups (broad SMARTS) is 1. The zero-order valence-corrected chi connectivity index (χ0v) is 9.90. The molecule has 0 aliphatic carbocycles. The van der Waals surface area contributed by atoms with Crippen LogP contribution in [0.15, 0.2) is 0 Å². The van der Waals surface area contributed by atoms with Crippen molar-refractivity contribution in [3.63, 3.8) is 0 Å². The molecule has 4 heteroatoms. The molecule has 0 fully saturated rings. The average Bonchev–Trinajstić information content (AvgIpc) is 2.15. The van der Waals surface area contributed by atoms with Gasteiger partial charge in [-0.3, -0.25) is 9.69 Å². The lowest BCUT2D eigenvalue weighted by molar-refractivity contribution is -0.145. The summed E-state index contributed by atoms with van der Waals surface area (Å²) in [5, 5.41) is 17.8. The first kappa shape index (κ1) is 13.9. The van der Waals surface area contributed by atoms with Crippen LogP contribution >= 0.6 is 0 Å². The van der Waals surface area contributed by atoms with Crippen molar-refractivity contribution in [1.29, 1.82) is 5.26 Å². The fourth-order valence-corrected chi connectivity index (χ4v) is 1.69. The molecular weight excluding hydrogens is 192 g/mol. The molecule has 86 valence electrons. The van der Waals surface area contributed by atoms with Crippen LogP contribution in [0, 0.1) is 23.2 Å². The van der Waals surface area contributed by atoms with E-state index in [1.807, 2.05) is 32.6 Å². The maximum Gasteiger partial charge on any atom is 0.321 e. The van der Waals surface area contributed by atoms with Gasteiger partial charge >= 0.3 is 5.97 Å². The van der Waals surface area contributed by atoms with E-state index in [2.05, 4.69) is 6.07 Å². The molecule has 0 bridgehead atoms. The molecule has 1 N–H and O–H groups in total. The maximum atomic E-state index is 11.1. The van der Waals surface area contributed by atoms with Crippen molar-refractivity contribution in [3.8, 4) is 6.07 Å². The molecule has 0 saturated heterocycles. The standard InChI is InChI=1S/C11H20N2O2/c1-5-13(7-9(4)6-12)10(8(2)3)11(14)15/h8-10H,5,7H2,1-4H3,(H,14,15). The van der Waals surface area contributed by atoms with E-state index in [0.29, 0.717) is 13.1 Å². The summed E-state index contributed by atoms with van der Waals surface area (Å²) in [6, 6.07) is 1.63. The van der Waals surface area contributed by atoms with E-state index in [9.17, 15) is 4.79 Å². The number of carbonyl (C=O) groups is 1. The SMILES string of the molecule is CCN(CC(C)C#N)C(C(=O)O)C(C)C. The Kier molecular flexibility index (Phi) is 5.95. The number of nitrogens with zero attached hydrogens (tertiary/aromatic N) is 2. The van der Waals surface area contributed by atoms with Gasteiger partial charge in [0, 0.05) is 6.54 Å². The number of carboxylic acids is 1. The number of hydrogen-bond donors (Lipinski definition) is 1. The van der Waals surface area contributed by atoms with Gasteiger partial charge in [-0.15, -0.1) is 0 Å². The molecule has 0 heterocycles. The predicted octanol–water partition coefficient (Wildman–Crippen LogP) is 1.58. The largest absolute Gasteiger partial charge is 0.480 e. The second-order valence-corrected chi connectivity index (χ2v) is 4.14. The Morgan fingerprint density at radius 1 is 1.47 bits per heavy atom. The lowest BCUT2D eigenvalue weighted by atomic mass is 10.0. The van der Waals surface area contributed by atoms with Gasteiger partial charge in [0.1, 0.15) is 6.04 Å². The zero-order chi connectivity index (χ0) is 12.0. The van der Waals surface area contributed by atoms with Crippen LogP contribution in [0.2, 0.25) is 0 Å². The molecule has 0 aromatic carbocycles. The van der Waals surface area contributed by atoms with Crippen molar-refractivity contribution < 1.29 is 9.90 Å². The first-order chi connectivity index (χ1) is 6.93. The van der Waals surface area contributed by atoms with Crippen LogP contribution in [0.3, 0.4) is 0 Å². The van der Waals surface area contributed by atoms with Crippen LogP contribution in [0.1, 0.15) is 27.7 Å². The van der Waals surface area contributed by atoms with E-state index >= 15 is 0 Å². The van der Waals surface area contributed by atoms with Crippen molar-refractivity contribution in [2.45, 2.75) is 33.7 Å². The predicted molar refractivity (Wildman–Crippen MR) is 58.3 cm³/mol. The molecule has 0 aromatic heterocycles. The minimum absolute atomic E-state index is 0.0494. The van der Waals surface area contributed by atoms with E-state index in [1.165, 1.54) is 0 Å². The van der Waals surface area contributed by atoms with Crippen LogP contribution in [-0.2, 0) is 4.79 Å². The maximum absolute atomic E-state index is 11.1. The number of likely N-dealkylation sites (N-methyl/N-ethyl adjacent to an activating group) is 1. The monoisotopic (exact) mass is 212 g/mol. The highest BCUT2D eigenvalue weighted by atomic mass is 16.4. The third kappa shape index (κ3) is 4.30. The second-order valence-electron chi connectivity index (χ2n) is 4.14. The first-order valence-electron chi connectivity index (χ1n) is 5.30. The number of rotatable bonds is 6. The number of hydrogen-bond acceptors (Lipinski definition) is 3. The highest BCUT2D eigenvalue weighted by molar-refractivity contribution is 5.73. The average molecular weight is 212 g/mol. The Balaban J connectivity index is 4.61. The van der Waals surface area contributed by atoms with Crippen molar-refractivity contribution >= 4 is 5.97 Å². The molecule has 0 radical (unpaired) electrons. The van der Waals surface area contributed by atoms with E-state index < -0.39 is 12.0 Å². The van der Waals surface area contributed by atoms with Gasteiger partial charge in [-0.1, -0.05) is 20.8 Å². The van der Waals surface area contributed by atoms with Crippen molar-refractivity contribution in [1.82, 2.24) is 4.90 Å². The van der Waals surface area contributed by atoms with Crippen LogP contribution in [-0.4, -0.2) is 35.1 Å². The Hall–Kier alpha value is -1.08. The van der Waals surface area contributed by atoms with Gasteiger partial charge in [-0.25, -0.2) is 0 Å². The minimum Gasteiger partial charge on any atom is -0.480 e. The molecule has 2 atom stereocenters. The number of aliphatic carboxylic acids is 1. The summed E-state index contributed by atoms with van der Waals surface area (Å²) in [5.41, 5.74) is 0. The van der Waals surface area contributed by atoms with Gasteiger partial charge in [0.2, 0.25) is 0 Å². The summed E-state index contributed by atoms with van der Waals surface area (Å²) in [6.07, 6.45) is 0. The Bertz CT molecular complexity index is 245. The normalized spacial score (nSPS) is 15.0. The smallest absolute Gasteiger partial charge is 0.321 e. The summed E-state index contributed by atoms with van der Waals surface area (Å²) >= 11 is 0. The lowest BCUT2D eigenvalue weighted by Gasteiger charge is -2.30. The molecule has 0 saturated carbocycles. The molecule has 0 aliphatic rings. The van der Waals surface area contributed by atoms with E-state index in [4.69, 9.17) is 10.4 Å².